The lowest BCUT2D eigenvalue weighted by Crippen LogP contribution is -2.52. The first-order valence-corrected chi connectivity index (χ1v) is 14.5. The topological polar surface area (TPSA) is 86.8 Å². The summed E-state index contributed by atoms with van der Waals surface area (Å²) >= 11 is 5.97. The molecule has 208 valence electrons. The third-order valence-corrected chi connectivity index (χ3v) is 8.24. The van der Waals surface area contributed by atoms with Crippen molar-refractivity contribution in [1.29, 1.82) is 0 Å². The van der Waals surface area contributed by atoms with Gasteiger partial charge in [0.1, 0.15) is 18.4 Å². The third kappa shape index (κ3) is 7.80. The molecular formula is C29H33ClFN3O4S. The number of hydrogen-bond acceptors (Lipinski definition) is 4. The summed E-state index contributed by atoms with van der Waals surface area (Å²) < 4.78 is 42.2. The maximum absolute atomic E-state index is 13.9. The van der Waals surface area contributed by atoms with Crippen molar-refractivity contribution in [3.63, 3.8) is 0 Å². The lowest BCUT2D eigenvalue weighted by atomic mass is 10.1. The number of anilines is 1. The van der Waals surface area contributed by atoms with Gasteiger partial charge in [-0.25, -0.2) is 12.8 Å². The molecule has 0 saturated heterocycles. The first-order valence-electron chi connectivity index (χ1n) is 12.7. The Morgan fingerprint density at radius 1 is 0.949 bits per heavy atom. The van der Waals surface area contributed by atoms with Gasteiger partial charge in [-0.2, -0.15) is 0 Å². The molecule has 0 spiro atoms. The van der Waals surface area contributed by atoms with Crippen LogP contribution in [-0.2, 0) is 26.2 Å². The zero-order valence-corrected chi connectivity index (χ0v) is 23.8. The zero-order chi connectivity index (χ0) is 28.6. The molecule has 0 saturated carbocycles. The van der Waals surface area contributed by atoms with Gasteiger partial charge in [0, 0.05) is 18.1 Å². The van der Waals surface area contributed by atoms with E-state index >= 15 is 0 Å². The Morgan fingerprint density at radius 3 is 2.13 bits per heavy atom. The molecule has 0 fully saturated rings. The molecule has 3 rings (SSSR count). The summed E-state index contributed by atoms with van der Waals surface area (Å²) in [7, 11) is -4.18. The summed E-state index contributed by atoms with van der Waals surface area (Å²) in [5, 5.41) is 3.21. The molecule has 10 heteroatoms. The van der Waals surface area contributed by atoms with E-state index in [1.54, 1.807) is 31.2 Å². The summed E-state index contributed by atoms with van der Waals surface area (Å²) in [6.07, 6.45) is 1.02. The van der Waals surface area contributed by atoms with Crippen LogP contribution in [0.15, 0.2) is 77.7 Å². The van der Waals surface area contributed by atoms with Crippen molar-refractivity contribution in [2.45, 2.75) is 51.1 Å². The number of nitrogens with zero attached hydrogens (tertiary/aromatic N) is 2. The molecule has 39 heavy (non-hydrogen) atoms. The molecule has 0 aliphatic heterocycles. The van der Waals surface area contributed by atoms with Crippen LogP contribution in [0.2, 0.25) is 5.02 Å². The number of carbonyl (C=O) groups excluding carboxylic acids is 2. The van der Waals surface area contributed by atoms with Crippen LogP contribution in [0.3, 0.4) is 0 Å². The van der Waals surface area contributed by atoms with Crippen LogP contribution in [0.5, 0.6) is 0 Å². The highest BCUT2D eigenvalue weighted by molar-refractivity contribution is 7.92. The summed E-state index contributed by atoms with van der Waals surface area (Å²) in [6.45, 7) is 5.46. The Balaban J connectivity index is 2.03. The number of carbonyl (C=O) groups is 2. The molecule has 1 atom stereocenters. The molecule has 0 unspecified atom stereocenters. The second-order valence-corrected chi connectivity index (χ2v) is 11.5. The van der Waals surface area contributed by atoms with Gasteiger partial charge in [0.25, 0.3) is 10.0 Å². The third-order valence-electron chi connectivity index (χ3n) is 6.20. The maximum Gasteiger partial charge on any atom is 0.264 e. The highest BCUT2D eigenvalue weighted by Crippen LogP contribution is 2.26. The van der Waals surface area contributed by atoms with E-state index in [1.165, 1.54) is 53.4 Å². The van der Waals surface area contributed by atoms with E-state index in [0.717, 1.165) is 9.87 Å². The molecule has 3 aromatic carbocycles. The molecule has 0 bridgehead atoms. The fourth-order valence-electron chi connectivity index (χ4n) is 4.05. The van der Waals surface area contributed by atoms with Crippen molar-refractivity contribution in [1.82, 2.24) is 10.2 Å². The number of amides is 2. The van der Waals surface area contributed by atoms with E-state index in [1.807, 2.05) is 13.8 Å². The van der Waals surface area contributed by atoms with Crippen LogP contribution in [0.4, 0.5) is 10.1 Å². The van der Waals surface area contributed by atoms with Gasteiger partial charge >= 0.3 is 0 Å². The number of aryl methyl sites for hydroxylation is 1. The Bertz CT molecular complexity index is 1370. The molecule has 1 N–H and O–H groups in total. The van der Waals surface area contributed by atoms with Crippen molar-refractivity contribution < 1.29 is 22.4 Å². The molecule has 0 aliphatic rings. The summed E-state index contributed by atoms with van der Waals surface area (Å²) in [4.78, 5) is 28.3. The van der Waals surface area contributed by atoms with Gasteiger partial charge in [-0.1, -0.05) is 55.3 Å². The average molecular weight is 574 g/mol. The van der Waals surface area contributed by atoms with E-state index in [2.05, 4.69) is 5.32 Å². The van der Waals surface area contributed by atoms with Crippen molar-refractivity contribution in [2.75, 3.05) is 17.4 Å². The molecule has 0 heterocycles. The molecule has 0 aliphatic carbocycles. The van der Waals surface area contributed by atoms with E-state index in [-0.39, 0.29) is 17.3 Å². The maximum atomic E-state index is 13.9. The van der Waals surface area contributed by atoms with Crippen molar-refractivity contribution in [3.8, 4) is 0 Å². The van der Waals surface area contributed by atoms with Gasteiger partial charge in [-0.05, 0) is 73.9 Å². The lowest BCUT2D eigenvalue weighted by Gasteiger charge is -2.33. The smallest absolute Gasteiger partial charge is 0.264 e. The molecule has 0 aromatic heterocycles. The van der Waals surface area contributed by atoms with Gasteiger partial charge in [0.2, 0.25) is 11.8 Å². The average Bonchev–Trinajstić information content (AvgIpc) is 2.92. The Labute approximate surface area is 234 Å². The number of nitrogens with one attached hydrogen (secondary N) is 1. The molecule has 7 nitrogen and oxygen atoms in total. The Hall–Kier alpha value is -3.43. The van der Waals surface area contributed by atoms with Crippen LogP contribution < -0.4 is 9.62 Å². The predicted molar refractivity (Wildman–Crippen MR) is 151 cm³/mol. The number of halogens is 2. The SMILES string of the molecule is CCCNC(=O)[C@@H](CC)N(Cc1ccc(F)cc1)C(=O)CN(c1ccc(C)cc1)S(=O)(=O)c1ccc(Cl)cc1. The number of hydrogen-bond donors (Lipinski definition) is 1. The second kappa shape index (κ2) is 13.6. The molecular weight excluding hydrogens is 541 g/mol. The molecule has 3 aromatic rings. The van der Waals surface area contributed by atoms with Crippen LogP contribution in [0.1, 0.15) is 37.8 Å². The van der Waals surface area contributed by atoms with Crippen LogP contribution in [0, 0.1) is 12.7 Å². The minimum absolute atomic E-state index is 0.000104. The van der Waals surface area contributed by atoms with Gasteiger partial charge in [0.05, 0.1) is 10.6 Å². The summed E-state index contributed by atoms with van der Waals surface area (Å²) in [6, 6.07) is 17.2. The second-order valence-electron chi connectivity index (χ2n) is 9.16. The van der Waals surface area contributed by atoms with Crippen molar-refractivity contribution in [3.05, 3.63) is 94.8 Å². The Morgan fingerprint density at radius 2 is 1.56 bits per heavy atom. The van der Waals surface area contributed by atoms with Gasteiger partial charge in [-0.3, -0.25) is 13.9 Å². The quantitative estimate of drug-likeness (QED) is 0.318. The Kier molecular flexibility index (Phi) is 10.5. The van der Waals surface area contributed by atoms with Crippen LogP contribution >= 0.6 is 11.6 Å². The molecule has 0 radical (unpaired) electrons. The first kappa shape index (κ1) is 30.1. The monoisotopic (exact) mass is 573 g/mol. The van der Waals surface area contributed by atoms with Gasteiger partial charge < -0.3 is 10.2 Å². The summed E-state index contributed by atoms with van der Waals surface area (Å²) in [5.41, 5.74) is 1.83. The normalized spacial score (nSPS) is 12.0. The van der Waals surface area contributed by atoms with Crippen molar-refractivity contribution in [2.24, 2.45) is 0 Å². The van der Waals surface area contributed by atoms with E-state index < -0.39 is 34.3 Å². The standard InChI is InChI=1S/C29H33ClFN3O4S/c1-4-18-32-29(36)27(5-2)33(19-22-8-12-24(31)13-9-22)28(35)20-34(25-14-6-21(3)7-15-25)39(37,38)26-16-10-23(30)11-17-26/h6-17,27H,4-5,18-20H2,1-3H3,(H,32,36)/t27-/m1/s1. The van der Waals surface area contributed by atoms with Gasteiger partial charge in [0.15, 0.2) is 0 Å². The fourth-order valence-corrected chi connectivity index (χ4v) is 5.59. The lowest BCUT2D eigenvalue weighted by molar-refractivity contribution is -0.140. The number of benzene rings is 3. The van der Waals surface area contributed by atoms with E-state index in [0.29, 0.717) is 35.7 Å². The minimum Gasteiger partial charge on any atom is -0.354 e. The molecule has 2 amide bonds. The number of rotatable bonds is 12. The first-order chi connectivity index (χ1) is 18.6. The van der Waals surface area contributed by atoms with E-state index in [9.17, 15) is 22.4 Å². The number of sulfonamides is 1. The largest absolute Gasteiger partial charge is 0.354 e. The predicted octanol–water partition coefficient (Wildman–Crippen LogP) is 5.32. The van der Waals surface area contributed by atoms with Crippen LogP contribution in [0.25, 0.3) is 0 Å². The van der Waals surface area contributed by atoms with Crippen LogP contribution in [-0.4, -0.2) is 44.3 Å². The van der Waals surface area contributed by atoms with Gasteiger partial charge in [-0.15, -0.1) is 0 Å². The fraction of sp³-hybridized carbons (Fsp3) is 0.310. The highest BCUT2D eigenvalue weighted by atomic mass is 35.5. The highest BCUT2D eigenvalue weighted by Gasteiger charge is 2.33. The zero-order valence-electron chi connectivity index (χ0n) is 22.2. The minimum atomic E-state index is -4.18. The summed E-state index contributed by atoms with van der Waals surface area (Å²) in [5.74, 6) is -1.34. The van der Waals surface area contributed by atoms with E-state index in [4.69, 9.17) is 11.6 Å². The van der Waals surface area contributed by atoms with Crippen molar-refractivity contribution >= 4 is 39.1 Å².